The predicted octanol–water partition coefficient (Wildman–Crippen LogP) is 1.59. The molecule has 0 bridgehead atoms. The van der Waals surface area contributed by atoms with Gasteiger partial charge in [0.05, 0.1) is 11.8 Å². The fourth-order valence-electron chi connectivity index (χ4n) is 1.40. The number of aromatic nitrogens is 1. The summed E-state index contributed by atoms with van der Waals surface area (Å²) in [5, 5.41) is 11.2. The van der Waals surface area contributed by atoms with Gasteiger partial charge in [-0.05, 0) is 26.3 Å². The number of amides is 1. The van der Waals surface area contributed by atoms with E-state index in [1.54, 1.807) is 13.8 Å². The number of rotatable bonds is 5. The summed E-state index contributed by atoms with van der Waals surface area (Å²) in [6.07, 6.45) is 2.50. The van der Waals surface area contributed by atoms with Gasteiger partial charge in [-0.15, -0.1) is 0 Å². The lowest BCUT2D eigenvalue weighted by molar-refractivity contribution is -0.137. The second-order valence-corrected chi connectivity index (χ2v) is 4.62. The second kappa shape index (κ2) is 5.57. The molecule has 1 aromatic rings. The van der Waals surface area contributed by atoms with Crippen molar-refractivity contribution in [2.75, 3.05) is 0 Å². The van der Waals surface area contributed by atoms with E-state index < -0.39 is 23.2 Å². The monoisotopic (exact) mass is 254 g/mol. The fraction of sp³-hybridized carbons (Fsp3) is 0.417. The first kappa shape index (κ1) is 14.1. The third-order valence-electron chi connectivity index (χ3n) is 2.38. The molecule has 1 heterocycles. The molecule has 0 aliphatic rings. The van der Waals surface area contributed by atoms with Crippen LogP contribution in [0, 0.1) is 5.82 Å². The zero-order valence-corrected chi connectivity index (χ0v) is 10.2. The lowest BCUT2D eigenvalue weighted by atomic mass is 9.98. The summed E-state index contributed by atoms with van der Waals surface area (Å²) in [5.74, 6) is -1.99. The highest BCUT2D eigenvalue weighted by atomic mass is 19.1. The first-order valence-electron chi connectivity index (χ1n) is 5.45. The first-order valence-corrected chi connectivity index (χ1v) is 5.45. The normalized spacial score (nSPS) is 11.1. The highest BCUT2D eigenvalue weighted by molar-refractivity contribution is 5.94. The van der Waals surface area contributed by atoms with Gasteiger partial charge in [0.2, 0.25) is 0 Å². The molecule has 0 fully saturated rings. The molecule has 1 amide bonds. The number of nitrogens with zero attached hydrogens (tertiary/aromatic N) is 1. The van der Waals surface area contributed by atoms with Crippen molar-refractivity contribution < 1.29 is 19.1 Å². The molecule has 0 radical (unpaired) electrons. The zero-order valence-electron chi connectivity index (χ0n) is 10.2. The molecule has 0 spiro atoms. The molecule has 2 N–H and O–H groups in total. The van der Waals surface area contributed by atoms with Gasteiger partial charge in [0, 0.05) is 18.2 Å². The van der Waals surface area contributed by atoms with Crippen LogP contribution in [-0.4, -0.2) is 27.5 Å². The van der Waals surface area contributed by atoms with Crippen LogP contribution in [0.25, 0.3) is 0 Å². The maximum atomic E-state index is 12.9. The van der Waals surface area contributed by atoms with Crippen LogP contribution >= 0.6 is 0 Å². The van der Waals surface area contributed by atoms with Crippen LogP contribution in [-0.2, 0) is 4.79 Å². The van der Waals surface area contributed by atoms with Gasteiger partial charge in [-0.3, -0.25) is 14.6 Å². The molecule has 0 aromatic carbocycles. The number of hydrogen-bond donors (Lipinski definition) is 2. The number of aliphatic carboxylic acids is 1. The maximum Gasteiger partial charge on any atom is 0.303 e. The molecule has 18 heavy (non-hydrogen) atoms. The van der Waals surface area contributed by atoms with Crippen LogP contribution in [0.5, 0.6) is 0 Å². The summed E-state index contributed by atoms with van der Waals surface area (Å²) in [7, 11) is 0. The minimum atomic E-state index is -0.926. The maximum absolute atomic E-state index is 12.9. The van der Waals surface area contributed by atoms with Gasteiger partial charge in [0.25, 0.3) is 5.91 Å². The van der Waals surface area contributed by atoms with Crippen LogP contribution in [0.2, 0.25) is 0 Å². The standard InChI is InChI=1S/C12H15FN2O3/c1-12(2,4-3-10(16)17)15-11(18)8-5-9(13)7-14-6-8/h5-7H,3-4H2,1-2H3,(H,15,18)(H,16,17). The largest absolute Gasteiger partial charge is 0.481 e. The van der Waals surface area contributed by atoms with Crippen molar-refractivity contribution in [1.29, 1.82) is 0 Å². The molecule has 0 aliphatic heterocycles. The van der Waals surface area contributed by atoms with Crippen molar-refractivity contribution in [2.45, 2.75) is 32.2 Å². The average Bonchev–Trinajstić information content (AvgIpc) is 2.26. The minimum absolute atomic E-state index is 0.0469. The molecule has 98 valence electrons. The third kappa shape index (κ3) is 4.48. The fourth-order valence-corrected chi connectivity index (χ4v) is 1.40. The first-order chi connectivity index (χ1) is 8.30. The molecule has 0 saturated carbocycles. The number of carbonyl (C=O) groups is 2. The van der Waals surface area contributed by atoms with Crippen molar-refractivity contribution in [3.8, 4) is 0 Å². The Balaban J connectivity index is 2.66. The summed E-state index contributed by atoms with van der Waals surface area (Å²) < 4.78 is 12.9. The van der Waals surface area contributed by atoms with Crippen molar-refractivity contribution in [1.82, 2.24) is 10.3 Å². The van der Waals surface area contributed by atoms with Crippen molar-refractivity contribution >= 4 is 11.9 Å². The Morgan fingerprint density at radius 3 is 2.67 bits per heavy atom. The van der Waals surface area contributed by atoms with Gasteiger partial charge in [0.1, 0.15) is 5.82 Å². The molecule has 1 rings (SSSR count). The number of carboxylic acid groups (broad SMARTS) is 1. The lowest BCUT2D eigenvalue weighted by Crippen LogP contribution is -2.43. The van der Waals surface area contributed by atoms with E-state index in [0.29, 0.717) is 0 Å². The van der Waals surface area contributed by atoms with Crippen molar-refractivity contribution in [2.24, 2.45) is 0 Å². The summed E-state index contributed by atoms with van der Waals surface area (Å²) >= 11 is 0. The van der Waals surface area contributed by atoms with Crippen LogP contribution in [0.1, 0.15) is 37.0 Å². The highest BCUT2D eigenvalue weighted by Crippen LogP contribution is 2.12. The topological polar surface area (TPSA) is 79.3 Å². The number of nitrogens with one attached hydrogen (secondary N) is 1. The molecule has 0 unspecified atom stereocenters. The van der Waals surface area contributed by atoms with E-state index in [-0.39, 0.29) is 18.4 Å². The van der Waals surface area contributed by atoms with E-state index in [4.69, 9.17) is 5.11 Å². The summed E-state index contributed by atoms with van der Waals surface area (Å²) in [6.45, 7) is 3.42. The Hall–Kier alpha value is -1.98. The third-order valence-corrected chi connectivity index (χ3v) is 2.38. The average molecular weight is 254 g/mol. The van der Waals surface area contributed by atoms with Gasteiger partial charge in [-0.2, -0.15) is 0 Å². The highest BCUT2D eigenvalue weighted by Gasteiger charge is 2.22. The number of carboxylic acids is 1. The molecule has 0 atom stereocenters. The summed E-state index contributed by atoms with van der Waals surface area (Å²) in [4.78, 5) is 25.8. The van der Waals surface area contributed by atoms with Gasteiger partial charge in [-0.25, -0.2) is 4.39 Å². The van der Waals surface area contributed by atoms with Gasteiger partial charge >= 0.3 is 5.97 Å². The molecule has 6 heteroatoms. The van der Waals surface area contributed by atoms with Crippen LogP contribution < -0.4 is 5.32 Å². The second-order valence-electron chi connectivity index (χ2n) is 4.62. The predicted molar refractivity (Wildman–Crippen MR) is 62.6 cm³/mol. The lowest BCUT2D eigenvalue weighted by Gasteiger charge is -2.25. The van der Waals surface area contributed by atoms with Crippen LogP contribution in [0.3, 0.4) is 0 Å². The Morgan fingerprint density at radius 2 is 2.11 bits per heavy atom. The van der Waals surface area contributed by atoms with Crippen molar-refractivity contribution in [3.05, 3.63) is 29.8 Å². The minimum Gasteiger partial charge on any atom is -0.481 e. The van der Waals surface area contributed by atoms with E-state index in [0.717, 1.165) is 12.3 Å². The molecular formula is C12H15FN2O3. The van der Waals surface area contributed by atoms with E-state index in [1.165, 1.54) is 6.20 Å². The number of carbonyl (C=O) groups excluding carboxylic acids is 1. The van der Waals surface area contributed by atoms with Crippen LogP contribution in [0.15, 0.2) is 18.5 Å². The Morgan fingerprint density at radius 1 is 1.44 bits per heavy atom. The van der Waals surface area contributed by atoms with E-state index in [2.05, 4.69) is 10.3 Å². The summed E-state index contributed by atoms with van der Waals surface area (Å²) in [5.41, 5.74) is -0.569. The summed E-state index contributed by atoms with van der Waals surface area (Å²) in [6, 6.07) is 1.08. The van der Waals surface area contributed by atoms with E-state index in [1.807, 2.05) is 0 Å². The van der Waals surface area contributed by atoms with E-state index >= 15 is 0 Å². The van der Waals surface area contributed by atoms with Gasteiger partial charge in [0.15, 0.2) is 0 Å². The van der Waals surface area contributed by atoms with Crippen molar-refractivity contribution in [3.63, 3.8) is 0 Å². The smallest absolute Gasteiger partial charge is 0.303 e. The van der Waals surface area contributed by atoms with E-state index in [9.17, 15) is 14.0 Å². The number of hydrogen-bond acceptors (Lipinski definition) is 3. The van der Waals surface area contributed by atoms with Gasteiger partial charge in [-0.1, -0.05) is 0 Å². The van der Waals surface area contributed by atoms with Gasteiger partial charge < -0.3 is 10.4 Å². The number of halogens is 1. The molecular weight excluding hydrogens is 239 g/mol. The Bertz CT molecular complexity index is 460. The molecule has 0 aliphatic carbocycles. The Kier molecular flexibility index (Phi) is 4.36. The number of pyridine rings is 1. The zero-order chi connectivity index (χ0) is 13.8. The Labute approximate surface area is 104 Å². The van der Waals surface area contributed by atoms with Crippen LogP contribution in [0.4, 0.5) is 4.39 Å². The quantitative estimate of drug-likeness (QED) is 0.836. The molecule has 1 aromatic heterocycles. The molecule has 5 nitrogen and oxygen atoms in total. The molecule has 0 saturated heterocycles. The SMILES string of the molecule is CC(C)(CCC(=O)O)NC(=O)c1cncc(F)c1.